The van der Waals surface area contributed by atoms with Gasteiger partial charge in [-0.1, -0.05) is 0 Å². The third kappa shape index (κ3) is 4.26. The van der Waals surface area contributed by atoms with Crippen LogP contribution in [0.4, 0.5) is 5.69 Å². The van der Waals surface area contributed by atoms with Gasteiger partial charge < -0.3 is 15.0 Å². The van der Waals surface area contributed by atoms with Crippen molar-refractivity contribution in [3.63, 3.8) is 0 Å². The molecule has 0 unspecified atom stereocenters. The molecule has 1 aromatic carbocycles. The number of benzene rings is 1. The SMILES string of the molecule is CSCCCC(=O)Nc1ccc2c(ccn2CC(=O)O)c1. The Morgan fingerprint density at radius 3 is 2.86 bits per heavy atom. The Hall–Kier alpha value is -1.95. The molecule has 1 aromatic heterocycles. The van der Waals surface area contributed by atoms with Crippen molar-refractivity contribution in [2.24, 2.45) is 0 Å². The topological polar surface area (TPSA) is 71.3 Å². The molecular formula is C15H18N2O3S. The van der Waals surface area contributed by atoms with Crippen LogP contribution in [0.3, 0.4) is 0 Å². The number of carbonyl (C=O) groups is 2. The van der Waals surface area contributed by atoms with Crippen molar-refractivity contribution < 1.29 is 14.7 Å². The number of nitrogens with one attached hydrogen (secondary N) is 1. The summed E-state index contributed by atoms with van der Waals surface area (Å²) in [6, 6.07) is 7.34. The van der Waals surface area contributed by atoms with Gasteiger partial charge in [0.25, 0.3) is 0 Å². The van der Waals surface area contributed by atoms with Crippen LogP contribution < -0.4 is 5.32 Å². The van der Waals surface area contributed by atoms with Gasteiger partial charge >= 0.3 is 5.97 Å². The first-order valence-corrected chi connectivity index (χ1v) is 8.09. The number of hydrogen-bond acceptors (Lipinski definition) is 3. The number of thioether (sulfide) groups is 1. The van der Waals surface area contributed by atoms with Crippen molar-refractivity contribution in [3.05, 3.63) is 30.5 Å². The number of carboxylic acid groups (broad SMARTS) is 1. The summed E-state index contributed by atoms with van der Waals surface area (Å²) in [5.74, 6) is 0.108. The van der Waals surface area contributed by atoms with Gasteiger partial charge in [-0.25, -0.2) is 0 Å². The second kappa shape index (κ2) is 7.17. The Bertz CT molecular complexity index is 651. The molecule has 0 saturated carbocycles. The molecule has 2 aromatic rings. The van der Waals surface area contributed by atoms with Crippen molar-refractivity contribution in [1.82, 2.24) is 4.57 Å². The Morgan fingerprint density at radius 2 is 2.14 bits per heavy atom. The molecule has 0 fully saturated rings. The molecule has 112 valence electrons. The van der Waals surface area contributed by atoms with Gasteiger partial charge in [0.15, 0.2) is 0 Å². The largest absolute Gasteiger partial charge is 0.480 e. The molecular weight excluding hydrogens is 288 g/mol. The normalized spacial score (nSPS) is 10.7. The maximum Gasteiger partial charge on any atom is 0.323 e. The van der Waals surface area contributed by atoms with Gasteiger partial charge in [0.05, 0.1) is 0 Å². The zero-order valence-electron chi connectivity index (χ0n) is 11.8. The van der Waals surface area contributed by atoms with Crippen LogP contribution in [-0.4, -0.2) is 33.6 Å². The zero-order valence-corrected chi connectivity index (χ0v) is 12.7. The molecule has 21 heavy (non-hydrogen) atoms. The summed E-state index contributed by atoms with van der Waals surface area (Å²) in [4.78, 5) is 22.5. The monoisotopic (exact) mass is 306 g/mol. The number of anilines is 1. The predicted molar refractivity (Wildman–Crippen MR) is 85.8 cm³/mol. The van der Waals surface area contributed by atoms with E-state index in [2.05, 4.69) is 5.32 Å². The lowest BCUT2D eigenvalue weighted by Crippen LogP contribution is -2.11. The van der Waals surface area contributed by atoms with Crippen molar-refractivity contribution in [2.75, 3.05) is 17.3 Å². The number of rotatable bonds is 7. The molecule has 2 N–H and O–H groups in total. The smallest absolute Gasteiger partial charge is 0.323 e. The molecule has 0 saturated heterocycles. The minimum Gasteiger partial charge on any atom is -0.480 e. The molecule has 0 aliphatic rings. The first kappa shape index (κ1) is 15.4. The number of amides is 1. The third-order valence-corrected chi connectivity index (χ3v) is 3.81. The van der Waals surface area contributed by atoms with E-state index in [-0.39, 0.29) is 12.5 Å². The molecule has 0 aliphatic heterocycles. The van der Waals surface area contributed by atoms with E-state index < -0.39 is 5.97 Å². The van der Waals surface area contributed by atoms with Crippen molar-refractivity contribution >= 4 is 40.2 Å². The number of carbonyl (C=O) groups excluding carboxylic acids is 1. The van der Waals surface area contributed by atoms with Gasteiger partial charge in [0.2, 0.25) is 5.91 Å². The summed E-state index contributed by atoms with van der Waals surface area (Å²) in [5.41, 5.74) is 1.59. The van der Waals surface area contributed by atoms with E-state index in [0.717, 1.165) is 28.8 Å². The maximum atomic E-state index is 11.8. The van der Waals surface area contributed by atoms with E-state index >= 15 is 0 Å². The van der Waals surface area contributed by atoms with Crippen LogP contribution >= 0.6 is 11.8 Å². The molecule has 0 radical (unpaired) electrons. The van der Waals surface area contributed by atoms with Crippen LogP contribution in [-0.2, 0) is 16.1 Å². The molecule has 1 amide bonds. The highest BCUT2D eigenvalue weighted by Gasteiger charge is 2.07. The lowest BCUT2D eigenvalue weighted by Gasteiger charge is -2.06. The van der Waals surface area contributed by atoms with Gasteiger partial charge in [-0.15, -0.1) is 0 Å². The Labute approximate surface area is 127 Å². The number of aliphatic carboxylic acids is 1. The van der Waals surface area contributed by atoms with Crippen LogP contribution in [0.2, 0.25) is 0 Å². The van der Waals surface area contributed by atoms with Gasteiger partial charge in [0, 0.05) is 29.2 Å². The minimum atomic E-state index is -0.876. The van der Waals surface area contributed by atoms with Gasteiger partial charge in [-0.05, 0) is 42.7 Å². The number of aromatic nitrogens is 1. The highest BCUT2D eigenvalue weighted by atomic mass is 32.2. The Kier molecular flexibility index (Phi) is 5.27. The van der Waals surface area contributed by atoms with Crippen molar-refractivity contribution in [1.29, 1.82) is 0 Å². The highest BCUT2D eigenvalue weighted by molar-refractivity contribution is 7.98. The summed E-state index contributed by atoms with van der Waals surface area (Å²) < 4.78 is 1.67. The second-order valence-corrected chi connectivity index (χ2v) is 5.74. The maximum absolute atomic E-state index is 11.8. The summed E-state index contributed by atoms with van der Waals surface area (Å²) >= 11 is 1.73. The quantitative estimate of drug-likeness (QED) is 0.772. The average molecular weight is 306 g/mol. The molecule has 0 spiro atoms. The first-order valence-electron chi connectivity index (χ1n) is 6.69. The Morgan fingerprint density at radius 1 is 1.33 bits per heavy atom. The third-order valence-electron chi connectivity index (χ3n) is 3.11. The molecule has 0 aliphatic carbocycles. The van der Waals surface area contributed by atoms with E-state index in [1.54, 1.807) is 28.6 Å². The molecule has 1 heterocycles. The van der Waals surface area contributed by atoms with Crippen LogP contribution in [0, 0.1) is 0 Å². The lowest BCUT2D eigenvalue weighted by molar-refractivity contribution is -0.137. The highest BCUT2D eigenvalue weighted by Crippen LogP contribution is 2.20. The molecule has 0 bridgehead atoms. The van der Waals surface area contributed by atoms with E-state index in [4.69, 9.17) is 5.11 Å². The van der Waals surface area contributed by atoms with Gasteiger partial charge in [-0.3, -0.25) is 9.59 Å². The fraction of sp³-hybridized carbons (Fsp3) is 0.333. The number of carboxylic acids is 1. The van der Waals surface area contributed by atoms with Gasteiger partial charge in [0.1, 0.15) is 6.54 Å². The fourth-order valence-electron chi connectivity index (χ4n) is 2.16. The van der Waals surface area contributed by atoms with E-state index in [1.165, 1.54) is 0 Å². The molecule has 5 nitrogen and oxygen atoms in total. The summed E-state index contributed by atoms with van der Waals surface area (Å²) in [5, 5.41) is 12.6. The van der Waals surface area contributed by atoms with Crippen molar-refractivity contribution in [2.45, 2.75) is 19.4 Å². The average Bonchev–Trinajstić information content (AvgIpc) is 2.81. The minimum absolute atomic E-state index is 0.00775. The predicted octanol–water partition coefficient (Wildman–Crippen LogP) is 2.81. The Balaban J connectivity index is 2.06. The number of hydrogen-bond donors (Lipinski definition) is 2. The molecule has 2 rings (SSSR count). The number of fused-ring (bicyclic) bond motifs is 1. The second-order valence-electron chi connectivity index (χ2n) is 4.76. The van der Waals surface area contributed by atoms with Crippen LogP contribution in [0.25, 0.3) is 10.9 Å². The van der Waals surface area contributed by atoms with Crippen LogP contribution in [0.1, 0.15) is 12.8 Å². The summed E-state index contributed by atoms with van der Waals surface area (Å²) in [7, 11) is 0. The first-order chi connectivity index (χ1) is 10.1. The van der Waals surface area contributed by atoms with E-state index in [1.807, 2.05) is 24.5 Å². The van der Waals surface area contributed by atoms with Crippen LogP contribution in [0.15, 0.2) is 30.5 Å². The fourth-order valence-corrected chi connectivity index (χ4v) is 2.60. The zero-order chi connectivity index (χ0) is 15.2. The summed E-state index contributed by atoms with van der Waals surface area (Å²) in [6.07, 6.45) is 5.14. The van der Waals surface area contributed by atoms with E-state index in [0.29, 0.717) is 6.42 Å². The van der Waals surface area contributed by atoms with Gasteiger partial charge in [-0.2, -0.15) is 11.8 Å². The van der Waals surface area contributed by atoms with E-state index in [9.17, 15) is 9.59 Å². The van der Waals surface area contributed by atoms with Crippen molar-refractivity contribution in [3.8, 4) is 0 Å². The van der Waals surface area contributed by atoms with Crippen LogP contribution in [0.5, 0.6) is 0 Å². The molecule has 0 atom stereocenters. The summed E-state index contributed by atoms with van der Waals surface area (Å²) in [6.45, 7) is -0.0656. The lowest BCUT2D eigenvalue weighted by atomic mass is 10.2. The molecule has 6 heteroatoms. The number of nitrogens with zero attached hydrogens (tertiary/aromatic N) is 1. The standard InChI is InChI=1S/C15H18N2O3S/c1-21-8-2-3-14(18)16-12-4-5-13-11(9-12)6-7-17(13)10-15(19)20/h4-7,9H,2-3,8,10H2,1H3,(H,16,18)(H,19,20).